The van der Waals surface area contributed by atoms with Gasteiger partial charge in [-0.1, -0.05) is 12.1 Å². The van der Waals surface area contributed by atoms with Crippen LogP contribution in [-0.4, -0.2) is 37.6 Å². The summed E-state index contributed by atoms with van der Waals surface area (Å²) in [7, 11) is 1.67. The van der Waals surface area contributed by atoms with E-state index < -0.39 is 0 Å². The van der Waals surface area contributed by atoms with Gasteiger partial charge in [0.2, 0.25) is 5.91 Å². The minimum atomic E-state index is 0.165. The fourth-order valence-electron chi connectivity index (χ4n) is 3.17. The van der Waals surface area contributed by atoms with E-state index in [9.17, 15) is 4.79 Å². The third-order valence-electron chi connectivity index (χ3n) is 4.56. The predicted octanol–water partition coefficient (Wildman–Crippen LogP) is 1.61. The standard InChI is InChI=1S/C16H22N2O2/c1-20-13-4-2-3-12(7-13)14-8-15(14)16(19)18-6-5-11(9-17)10-18/h2-4,7,11,14-15H,5-6,8-10,17H2,1H3/t11-,14-,15-/m0/s1. The third-order valence-corrected chi connectivity index (χ3v) is 4.56. The number of nitrogens with zero attached hydrogens (tertiary/aromatic N) is 1. The highest BCUT2D eigenvalue weighted by molar-refractivity contribution is 5.83. The maximum Gasteiger partial charge on any atom is 0.226 e. The van der Waals surface area contributed by atoms with Gasteiger partial charge in [-0.2, -0.15) is 0 Å². The molecule has 1 aliphatic heterocycles. The molecule has 20 heavy (non-hydrogen) atoms. The molecule has 0 radical (unpaired) electrons. The van der Waals surface area contributed by atoms with Crippen molar-refractivity contribution in [1.29, 1.82) is 0 Å². The van der Waals surface area contributed by atoms with E-state index in [2.05, 4.69) is 6.07 Å². The van der Waals surface area contributed by atoms with Crippen molar-refractivity contribution < 1.29 is 9.53 Å². The number of rotatable bonds is 4. The molecule has 1 heterocycles. The highest BCUT2D eigenvalue weighted by atomic mass is 16.5. The van der Waals surface area contributed by atoms with Crippen molar-refractivity contribution in [3.63, 3.8) is 0 Å². The average molecular weight is 274 g/mol. The summed E-state index contributed by atoms with van der Waals surface area (Å²) in [6.45, 7) is 2.41. The summed E-state index contributed by atoms with van der Waals surface area (Å²) in [6.07, 6.45) is 2.02. The molecule has 1 aromatic rings. The summed E-state index contributed by atoms with van der Waals surface area (Å²) >= 11 is 0. The van der Waals surface area contributed by atoms with Gasteiger partial charge in [-0.3, -0.25) is 4.79 Å². The first kappa shape index (κ1) is 13.4. The van der Waals surface area contributed by atoms with Crippen molar-refractivity contribution in [2.24, 2.45) is 17.6 Å². The Balaban J connectivity index is 1.62. The Bertz CT molecular complexity index is 503. The number of amides is 1. The van der Waals surface area contributed by atoms with Crippen LogP contribution in [0.2, 0.25) is 0 Å². The molecule has 1 amide bonds. The van der Waals surface area contributed by atoms with Crippen LogP contribution in [0.3, 0.4) is 0 Å². The van der Waals surface area contributed by atoms with E-state index in [1.165, 1.54) is 5.56 Å². The van der Waals surface area contributed by atoms with Crippen molar-refractivity contribution >= 4 is 5.91 Å². The molecule has 3 atom stereocenters. The number of carbonyl (C=O) groups excluding carboxylic acids is 1. The molecule has 2 N–H and O–H groups in total. The van der Waals surface area contributed by atoms with Crippen LogP contribution < -0.4 is 10.5 Å². The lowest BCUT2D eigenvalue weighted by molar-refractivity contribution is -0.131. The van der Waals surface area contributed by atoms with Crippen molar-refractivity contribution in [2.45, 2.75) is 18.8 Å². The normalized spacial score (nSPS) is 28.5. The largest absolute Gasteiger partial charge is 0.497 e. The number of ether oxygens (including phenoxy) is 1. The van der Waals surface area contributed by atoms with Gasteiger partial charge in [-0.15, -0.1) is 0 Å². The summed E-state index contributed by atoms with van der Waals surface area (Å²) in [5.41, 5.74) is 6.91. The summed E-state index contributed by atoms with van der Waals surface area (Å²) in [5.74, 6) is 2.21. The average Bonchev–Trinajstić information content (AvgIpc) is 3.15. The zero-order valence-corrected chi connectivity index (χ0v) is 11.9. The van der Waals surface area contributed by atoms with E-state index in [0.717, 1.165) is 31.7 Å². The molecule has 0 aromatic heterocycles. The van der Waals surface area contributed by atoms with Crippen LogP contribution in [0.1, 0.15) is 24.3 Å². The van der Waals surface area contributed by atoms with Gasteiger partial charge in [-0.25, -0.2) is 0 Å². The summed E-state index contributed by atoms with van der Waals surface area (Å²) < 4.78 is 5.25. The molecule has 2 fully saturated rings. The van der Waals surface area contributed by atoms with Crippen LogP contribution in [0.4, 0.5) is 0 Å². The van der Waals surface area contributed by atoms with E-state index in [-0.39, 0.29) is 5.92 Å². The second kappa shape index (κ2) is 5.44. The zero-order valence-electron chi connectivity index (χ0n) is 11.9. The van der Waals surface area contributed by atoms with Gasteiger partial charge < -0.3 is 15.4 Å². The first-order valence-electron chi connectivity index (χ1n) is 7.35. The van der Waals surface area contributed by atoms with Crippen LogP contribution in [-0.2, 0) is 4.79 Å². The highest BCUT2D eigenvalue weighted by Crippen LogP contribution is 2.49. The molecule has 0 bridgehead atoms. The molecule has 108 valence electrons. The Kier molecular flexibility index (Phi) is 3.66. The quantitative estimate of drug-likeness (QED) is 0.907. The van der Waals surface area contributed by atoms with Gasteiger partial charge in [0, 0.05) is 19.0 Å². The zero-order chi connectivity index (χ0) is 14.1. The molecular formula is C16H22N2O2. The smallest absolute Gasteiger partial charge is 0.226 e. The Labute approximate surface area is 119 Å². The molecule has 3 rings (SSSR count). The van der Waals surface area contributed by atoms with Gasteiger partial charge in [-0.05, 0) is 48.9 Å². The molecular weight excluding hydrogens is 252 g/mol. The number of nitrogens with two attached hydrogens (primary N) is 1. The lowest BCUT2D eigenvalue weighted by Gasteiger charge is -2.16. The minimum Gasteiger partial charge on any atom is -0.497 e. The maximum absolute atomic E-state index is 12.5. The van der Waals surface area contributed by atoms with Crippen molar-refractivity contribution in [3.8, 4) is 5.75 Å². The number of likely N-dealkylation sites (tertiary alicyclic amines) is 1. The van der Waals surface area contributed by atoms with Crippen molar-refractivity contribution in [3.05, 3.63) is 29.8 Å². The number of carbonyl (C=O) groups is 1. The van der Waals surface area contributed by atoms with Crippen LogP contribution in [0.5, 0.6) is 5.75 Å². The summed E-state index contributed by atoms with van der Waals surface area (Å²) in [5, 5.41) is 0. The lowest BCUT2D eigenvalue weighted by atomic mass is 10.1. The first-order chi connectivity index (χ1) is 9.72. The third kappa shape index (κ3) is 2.52. The first-order valence-corrected chi connectivity index (χ1v) is 7.35. The Morgan fingerprint density at radius 3 is 3.05 bits per heavy atom. The van der Waals surface area contributed by atoms with Gasteiger partial charge in [0.1, 0.15) is 5.75 Å². The van der Waals surface area contributed by atoms with Crippen LogP contribution in [0.15, 0.2) is 24.3 Å². The van der Waals surface area contributed by atoms with Gasteiger partial charge in [0.05, 0.1) is 7.11 Å². The minimum absolute atomic E-state index is 0.165. The predicted molar refractivity (Wildman–Crippen MR) is 77.6 cm³/mol. The highest BCUT2D eigenvalue weighted by Gasteiger charge is 2.46. The molecule has 1 aliphatic carbocycles. The second-order valence-electron chi connectivity index (χ2n) is 5.90. The van der Waals surface area contributed by atoms with Gasteiger partial charge in [0.15, 0.2) is 0 Å². The second-order valence-corrected chi connectivity index (χ2v) is 5.90. The number of hydrogen-bond donors (Lipinski definition) is 1. The van der Waals surface area contributed by atoms with Crippen LogP contribution >= 0.6 is 0 Å². The summed E-state index contributed by atoms with van der Waals surface area (Å²) in [6, 6.07) is 8.07. The molecule has 1 saturated carbocycles. The van der Waals surface area contributed by atoms with E-state index in [0.29, 0.717) is 24.3 Å². The molecule has 1 aromatic carbocycles. The molecule has 4 nitrogen and oxygen atoms in total. The fourth-order valence-corrected chi connectivity index (χ4v) is 3.17. The van der Waals surface area contributed by atoms with Gasteiger partial charge >= 0.3 is 0 Å². The molecule has 4 heteroatoms. The van der Waals surface area contributed by atoms with E-state index in [1.54, 1.807) is 7.11 Å². The Hall–Kier alpha value is -1.55. The van der Waals surface area contributed by atoms with Crippen LogP contribution in [0.25, 0.3) is 0 Å². The van der Waals surface area contributed by atoms with Crippen molar-refractivity contribution in [1.82, 2.24) is 4.90 Å². The monoisotopic (exact) mass is 274 g/mol. The molecule has 2 aliphatic rings. The Morgan fingerprint density at radius 2 is 2.35 bits per heavy atom. The van der Waals surface area contributed by atoms with Crippen molar-refractivity contribution in [2.75, 3.05) is 26.7 Å². The Morgan fingerprint density at radius 1 is 1.50 bits per heavy atom. The molecule has 1 saturated heterocycles. The maximum atomic E-state index is 12.5. The van der Waals surface area contributed by atoms with Gasteiger partial charge in [0.25, 0.3) is 0 Å². The number of hydrogen-bond acceptors (Lipinski definition) is 3. The summed E-state index contributed by atoms with van der Waals surface area (Å²) in [4.78, 5) is 14.5. The van der Waals surface area contributed by atoms with E-state index in [1.807, 2.05) is 23.1 Å². The molecule has 0 spiro atoms. The number of methoxy groups -OCH3 is 1. The lowest BCUT2D eigenvalue weighted by Crippen LogP contribution is -2.31. The van der Waals surface area contributed by atoms with E-state index >= 15 is 0 Å². The number of benzene rings is 1. The topological polar surface area (TPSA) is 55.6 Å². The van der Waals surface area contributed by atoms with Crippen LogP contribution in [0, 0.1) is 11.8 Å². The fraction of sp³-hybridized carbons (Fsp3) is 0.562. The van der Waals surface area contributed by atoms with E-state index in [4.69, 9.17) is 10.5 Å². The SMILES string of the molecule is COc1cccc([C@@H]2C[C@@H]2C(=O)N2CC[C@@H](CN)C2)c1. The molecule has 0 unspecified atom stereocenters.